The van der Waals surface area contributed by atoms with Gasteiger partial charge in [0, 0.05) is 25.3 Å². The van der Waals surface area contributed by atoms with E-state index in [0.29, 0.717) is 43.7 Å². The summed E-state index contributed by atoms with van der Waals surface area (Å²) in [7, 11) is 0. The lowest BCUT2D eigenvalue weighted by Crippen LogP contribution is -2.30. The van der Waals surface area contributed by atoms with E-state index in [2.05, 4.69) is 0 Å². The Balaban J connectivity index is 1.38. The van der Waals surface area contributed by atoms with Gasteiger partial charge in [-0.2, -0.15) is 0 Å². The third kappa shape index (κ3) is 3.78. The minimum atomic E-state index is -0.441. The van der Waals surface area contributed by atoms with Gasteiger partial charge >= 0.3 is 0 Å². The normalized spacial score (nSPS) is 13.2. The van der Waals surface area contributed by atoms with Crippen molar-refractivity contribution in [3.63, 3.8) is 0 Å². The maximum absolute atomic E-state index is 12.2. The molecule has 1 aliphatic heterocycles. The molecule has 7 nitrogen and oxygen atoms in total. The summed E-state index contributed by atoms with van der Waals surface area (Å²) < 4.78 is 5.54. The Kier molecular flexibility index (Phi) is 5.38. The Morgan fingerprint density at radius 2 is 1.54 bits per heavy atom. The fourth-order valence-corrected chi connectivity index (χ4v) is 2.82. The van der Waals surface area contributed by atoms with Gasteiger partial charge < -0.3 is 4.74 Å². The molecule has 1 aliphatic rings. The fourth-order valence-electron chi connectivity index (χ4n) is 2.82. The average Bonchev–Trinajstić information content (AvgIpc) is 2.90. The van der Waals surface area contributed by atoms with E-state index in [0.717, 1.165) is 5.56 Å². The number of amides is 2. The highest BCUT2D eigenvalue weighted by Gasteiger charge is 2.34. The number of ether oxygens (including phenoxy) is 1. The molecule has 2 aromatic rings. The van der Waals surface area contributed by atoms with Crippen LogP contribution in [-0.2, 0) is 11.3 Å². The van der Waals surface area contributed by atoms with E-state index in [1.165, 1.54) is 17.0 Å². The Morgan fingerprint density at radius 1 is 0.923 bits per heavy atom. The molecule has 0 atom stereocenters. The van der Waals surface area contributed by atoms with Crippen LogP contribution >= 0.6 is 0 Å². The van der Waals surface area contributed by atoms with Crippen LogP contribution in [0.2, 0.25) is 0 Å². The minimum absolute atomic E-state index is 0.0506. The molecule has 1 heterocycles. The number of benzene rings is 2. The molecule has 0 saturated heterocycles. The van der Waals surface area contributed by atoms with Crippen LogP contribution in [0.25, 0.3) is 0 Å². The third-order valence-electron chi connectivity index (χ3n) is 4.21. The molecule has 0 saturated carbocycles. The molecule has 3 rings (SSSR count). The number of hydrogen-bond donors (Lipinski definition) is 0. The van der Waals surface area contributed by atoms with Gasteiger partial charge in [0.25, 0.3) is 17.5 Å². The topological polar surface area (TPSA) is 89.8 Å². The van der Waals surface area contributed by atoms with Gasteiger partial charge in [-0.25, -0.2) is 0 Å². The molecule has 134 valence electrons. The van der Waals surface area contributed by atoms with E-state index < -0.39 is 4.92 Å². The van der Waals surface area contributed by atoms with Gasteiger partial charge in [-0.3, -0.25) is 24.6 Å². The van der Waals surface area contributed by atoms with Crippen molar-refractivity contribution in [2.24, 2.45) is 0 Å². The van der Waals surface area contributed by atoms with Gasteiger partial charge in [0.1, 0.15) is 0 Å². The van der Waals surface area contributed by atoms with Gasteiger partial charge in [-0.15, -0.1) is 0 Å². The number of nitro benzene ring substituents is 1. The van der Waals surface area contributed by atoms with Crippen LogP contribution < -0.4 is 0 Å². The molecule has 0 bridgehead atoms. The predicted molar refractivity (Wildman–Crippen MR) is 93.8 cm³/mol. The first-order chi connectivity index (χ1) is 12.6. The number of hydrogen-bond acceptors (Lipinski definition) is 5. The van der Waals surface area contributed by atoms with Crippen LogP contribution in [0.5, 0.6) is 0 Å². The molecule has 2 amide bonds. The maximum Gasteiger partial charge on any atom is 0.269 e. The summed E-state index contributed by atoms with van der Waals surface area (Å²) in [6.07, 6.45) is 1.37. The van der Waals surface area contributed by atoms with Gasteiger partial charge in [0.05, 0.1) is 22.7 Å². The smallest absolute Gasteiger partial charge is 0.269 e. The highest BCUT2D eigenvalue weighted by molar-refractivity contribution is 6.21. The third-order valence-corrected chi connectivity index (χ3v) is 4.21. The molecular weight excluding hydrogens is 336 g/mol. The maximum atomic E-state index is 12.2. The second-order valence-corrected chi connectivity index (χ2v) is 5.99. The van der Waals surface area contributed by atoms with E-state index in [1.807, 2.05) is 0 Å². The van der Waals surface area contributed by atoms with Gasteiger partial charge in [0.2, 0.25) is 0 Å². The quantitative estimate of drug-likeness (QED) is 0.314. The number of non-ortho nitro benzene ring substituents is 1. The Hall–Kier alpha value is -3.06. The van der Waals surface area contributed by atoms with Gasteiger partial charge in [0.15, 0.2) is 0 Å². The molecule has 0 unspecified atom stereocenters. The number of unbranched alkanes of at least 4 members (excludes halogenated alkanes) is 1. The minimum Gasteiger partial charge on any atom is -0.377 e. The number of imide groups is 1. The lowest BCUT2D eigenvalue weighted by atomic mass is 10.1. The number of rotatable bonds is 8. The highest BCUT2D eigenvalue weighted by Crippen LogP contribution is 2.22. The molecule has 26 heavy (non-hydrogen) atoms. The van der Waals surface area contributed by atoms with Crippen molar-refractivity contribution in [3.05, 3.63) is 75.3 Å². The van der Waals surface area contributed by atoms with Crippen molar-refractivity contribution >= 4 is 17.5 Å². The molecule has 0 N–H and O–H groups in total. The first kappa shape index (κ1) is 17.8. The van der Waals surface area contributed by atoms with Crippen LogP contribution in [0.15, 0.2) is 48.5 Å². The number of nitrogens with zero attached hydrogens (tertiary/aromatic N) is 2. The van der Waals surface area contributed by atoms with Crippen LogP contribution in [0.4, 0.5) is 5.69 Å². The summed E-state index contributed by atoms with van der Waals surface area (Å²) in [5.74, 6) is -0.477. The molecule has 0 aromatic heterocycles. The monoisotopic (exact) mass is 354 g/mol. The molecule has 0 fully saturated rings. The second kappa shape index (κ2) is 7.88. The first-order valence-corrected chi connectivity index (χ1v) is 8.34. The summed E-state index contributed by atoms with van der Waals surface area (Å²) in [6.45, 7) is 1.22. The standard InChI is InChI=1S/C19H18N2O5/c22-18-16-5-1-2-6-17(16)19(23)20(18)11-3-4-12-26-13-14-7-9-15(10-8-14)21(24)25/h1-2,5-10H,3-4,11-13H2. The lowest BCUT2D eigenvalue weighted by molar-refractivity contribution is -0.384. The molecular formula is C19H18N2O5. The van der Waals surface area contributed by atoms with Crippen molar-refractivity contribution in [3.8, 4) is 0 Å². The predicted octanol–water partition coefficient (Wildman–Crippen LogP) is 3.19. The Morgan fingerprint density at radius 3 is 2.12 bits per heavy atom. The summed E-state index contributed by atoms with van der Waals surface area (Å²) in [6, 6.07) is 13.1. The van der Waals surface area contributed by atoms with Crippen molar-refractivity contribution in [1.82, 2.24) is 4.90 Å². The lowest BCUT2D eigenvalue weighted by Gasteiger charge is -2.13. The van der Waals surface area contributed by atoms with Crippen LogP contribution in [0.1, 0.15) is 39.1 Å². The van der Waals surface area contributed by atoms with E-state index >= 15 is 0 Å². The summed E-state index contributed by atoms with van der Waals surface area (Å²) in [4.78, 5) is 35.9. The molecule has 0 spiro atoms. The molecule has 0 aliphatic carbocycles. The molecule has 2 aromatic carbocycles. The summed E-state index contributed by atoms with van der Waals surface area (Å²) in [5.41, 5.74) is 1.84. The zero-order valence-corrected chi connectivity index (χ0v) is 14.1. The van der Waals surface area contributed by atoms with Crippen LogP contribution in [0, 0.1) is 10.1 Å². The van der Waals surface area contributed by atoms with Crippen molar-refractivity contribution < 1.29 is 19.2 Å². The molecule has 7 heteroatoms. The number of fused-ring (bicyclic) bond motifs is 1. The van der Waals surface area contributed by atoms with E-state index in [9.17, 15) is 19.7 Å². The van der Waals surface area contributed by atoms with Crippen LogP contribution in [-0.4, -0.2) is 34.8 Å². The van der Waals surface area contributed by atoms with Crippen molar-refractivity contribution in [2.75, 3.05) is 13.2 Å². The number of carbonyl (C=O) groups is 2. The Labute approximate surface area is 150 Å². The van der Waals surface area contributed by atoms with E-state index in [4.69, 9.17) is 4.74 Å². The zero-order valence-electron chi connectivity index (χ0n) is 14.1. The van der Waals surface area contributed by atoms with Crippen molar-refractivity contribution in [1.29, 1.82) is 0 Å². The number of nitro groups is 1. The van der Waals surface area contributed by atoms with Crippen LogP contribution in [0.3, 0.4) is 0 Å². The summed E-state index contributed by atoms with van der Waals surface area (Å²) in [5, 5.41) is 10.6. The zero-order chi connectivity index (χ0) is 18.5. The number of carbonyl (C=O) groups excluding carboxylic acids is 2. The van der Waals surface area contributed by atoms with Gasteiger partial charge in [-0.05, 0) is 42.7 Å². The summed E-state index contributed by atoms with van der Waals surface area (Å²) >= 11 is 0. The van der Waals surface area contributed by atoms with E-state index in [1.54, 1.807) is 36.4 Å². The van der Waals surface area contributed by atoms with E-state index in [-0.39, 0.29) is 17.5 Å². The average molecular weight is 354 g/mol. The second-order valence-electron chi connectivity index (χ2n) is 5.99. The largest absolute Gasteiger partial charge is 0.377 e. The SMILES string of the molecule is O=C1c2ccccc2C(=O)N1CCCCOCc1ccc([N+](=O)[O-])cc1. The Bertz CT molecular complexity index is 797. The first-order valence-electron chi connectivity index (χ1n) is 8.34. The van der Waals surface area contributed by atoms with Gasteiger partial charge in [-0.1, -0.05) is 12.1 Å². The fraction of sp³-hybridized carbons (Fsp3) is 0.263. The highest BCUT2D eigenvalue weighted by atomic mass is 16.6. The van der Waals surface area contributed by atoms with Crippen molar-refractivity contribution in [2.45, 2.75) is 19.4 Å². The molecule has 0 radical (unpaired) electrons.